The molecule has 3 nitrogen and oxygen atoms in total. The minimum Gasteiger partial charge on any atom is -0.207 e. The molecule has 0 saturated heterocycles. The predicted molar refractivity (Wildman–Crippen MR) is 86.1 cm³/mol. The van der Waals surface area contributed by atoms with Crippen LogP contribution in [0.15, 0.2) is 40.6 Å². The number of hydrogen-bond acceptors (Lipinski definition) is 3. The molecule has 0 N–H and O–H groups in total. The molecule has 0 fully saturated rings. The number of aryl methyl sites for hydroxylation is 1. The van der Waals surface area contributed by atoms with Crippen LogP contribution in [0, 0.1) is 6.92 Å². The summed E-state index contributed by atoms with van der Waals surface area (Å²) in [6.07, 6.45) is 1.61. The lowest BCUT2D eigenvalue weighted by molar-refractivity contribution is 0.303. The zero-order valence-electron chi connectivity index (χ0n) is 12.2. The molecular weight excluding hydrogens is 302 g/mol. The first-order valence-electron chi connectivity index (χ1n) is 7.19. The number of sulfonamides is 1. The highest BCUT2D eigenvalue weighted by Crippen LogP contribution is 2.38. The molecular formula is C16H19NO2S2. The van der Waals surface area contributed by atoms with Crippen LogP contribution in [-0.2, 0) is 16.4 Å². The van der Waals surface area contributed by atoms with E-state index in [2.05, 4.69) is 18.4 Å². The number of thiophene rings is 1. The first kappa shape index (κ1) is 14.8. The maximum Gasteiger partial charge on any atom is 0.243 e. The van der Waals surface area contributed by atoms with Crippen molar-refractivity contribution in [2.45, 2.75) is 37.6 Å². The molecule has 0 aliphatic carbocycles. The van der Waals surface area contributed by atoms with E-state index in [0.29, 0.717) is 11.4 Å². The van der Waals surface area contributed by atoms with Gasteiger partial charge in [0, 0.05) is 11.4 Å². The van der Waals surface area contributed by atoms with E-state index in [4.69, 9.17) is 0 Å². The van der Waals surface area contributed by atoms with Gasteiger partial charge in [-0.15, -0.1) is 11.3 Å². The van der Waals surface area contributed by atoms with E-state index in [0.717, 1.165) is 18.4 Å². The van der Waals surface area contributed by atoms with Gasteiger partial charge in [-0.05, 0) is 48.9 Å². The van der Waals surface area contributed by atoms with Crippen LogP contribution in [0.1, 0.15) is 35.4 Å². The maximum atomic E-state index is 12.9. The van der Waals surface area contributed by atoms with Crippen molar-refractivity contribution in [2.75, 3.05) is 6.54 Å². The molecule has 1 aromatic carbocycles. The molecule has 2 aromatic rings. The Balaban J connectivity index is 2.01. The summed E-state index contributed by atoms with van der Waals surface area (Å²) in [7, 11) is -3.42. The fraction of sp³-hybridized carbons (Fsp3) is 0.375. The molecule has 112 valence electrons. The van der Waals surface area contributed by atoms with Crippen LogP contribution in [0.3, 0.4) is 0 Å². The second-order valence-corrected chi connectivity index (χ2v) is 8.29. The van der Waals surface area contributed by atoms with Gasteiger partial charge in [0.15, 0.2) is 0 Å². The summed E-state index contributed by atoms with van der Waals surface area (Å²) in [4.78, 5) is 1.72. The van der Waals surface area contributed by atoms with Crippen molar-refractivity contribution < 1.29 is 8.42 Å². The molecule has 0 spiro atoms. The van der Waals surface area contributed by atoms with Crippen molar-refractivity contribution in [1.29, 1.82) is 0 Å². The highest BCUT2D eigenvalue weighted by molar-refractivity contribution is 7.89. The van der Waals surface area contributed by atoms with Gasteiger partial charge in [-0.2, -0.15) is 4.31 Å². The predicted octanol–water partition coefficient (Wildman–Crippen LogP) is 3.75. The zero-order chi connectivity index (χ0) is 15.0. The Morgan fingerprint density at radius 2 is 1.95 bits per heavy atom. The first-order valence-corrected chi connectivity index (χ1v) is 9.50. The second-order valence-electron chi connectivity index (χ2n) is 5.40. The Hall–Kier alpha value is -1.17. The van der Waals surface area contributed by atoms with Crippen molar-refractivity contribution in [3.63, 3.8) is 0 Å². The Morgan fingerprint density at radius 3 is 2.62 bits per heavy atom. The number of nitrogens with zero attached hydrogens (tertiary/aromatic N) is 1. The molecule has 1 aliphatic heterocycles. The lowest BCUT2D eigenvalue weighted by Gasteiger charge is -2.34. The minimum atomic E-state index is -3.42. The Morgan fingerprint density at radius 1 is 1.24 bits per heavy atom. The average Bonchev–Trinajstić information content (AvgIpc) is 2.95. The normalized spacial score (nSPS) is 19.4. The fourth-order valence-corrected chi connectivity index (χ4v) is 5.54. The zero-order valence-corrected chi connectivity index (χ0v) is 13.9. The summed E-state index contributed by atoms with van der Waals surface area (Å²) in [6.45, 7) is 4.58. The molecule has 5 heteroatoms. The number of hydrogen-bond donors (Lipinski definition) is 0. The molecule has 0 amide bonds. The summed E-state index contributed by atoms with van der Waals surface area (Å²) in [5.74, 6) is 0. The third kappa shape index (κ3) is 2.54. The van der Waals surface area contributed by atoms with E-state index in [1.165, 1.54) is 10.4 Å². The molecule has 0 radical (unpaired) electrons. The van der Waals surface area contributed by atoms with Crippen LogP contribution in [0.25, 0.3) is 0 Å². The van der Waals surface area contributed by atoms with Gasteiger partial charge in [0.1, 0.15) is 0 Å². The van der Waals surface area contributed by atoms with E-state index in [1.54, 1.807) is 27.8 Å². The third-order valence-electron chi connectivity index (χ3n) is 4.06. The average molecular weight is 321 g/mol. The van der Waals surface area contributed by atoms with Crippen molar-refractivity contribution in [1.82, 2.24) is 4.31 Å². The molecule has 21 heavy (non-hydrogen) atoms. The van der Waals surface area contributed by atoms with Crippen LogP contribution in [-0.4, -0.2) is 19.3 Å². The number of rotatable bonds is 3. The molecule has 0 unspecified atom stereocenters. The quantitative estimate of drug-likeness (QED) is 0.863. The SMILES string of the molecule is CC[C@@H]1c2ccsc2CCN1S(=O)(=O)c1ccc(C)cc1. The second kappa shape index (κ2) is 5.55. The van der Waals surface area contributed by atoms with E-state index < -0.39 is 10.0 Å². The van der Waals surface area contributed by atoms with Crippen LogP contribution >= 0.6 is 11.3 Å². The molecule has 0 saturated carbocycles. The highest BCUT2D eigenvalue weighted by Gasteiger charge is 2.35. The van der Waals surface area contributed by atoms with Crippen LogP contribution in [0.4, 0.5) is 0 Å². The van der Waals surface area contributed by atoms with Gasteiger partial charge in [0.05, 0.1) is 10.9 Å². The van der Waals surface area contributed by atoms with Gasteiger partial charge in [0.25, 0.3) is 0 Å². The monoisotopic (exact) mass is 321 g/mol. The van der Waals surface area contributed by atoms with Crippen LogP contribution in [0.5, 0.6) is 0 Å². The molecule has 0 bridgehead atoms. The minimum absolute atomic E-state index is 0.0358. The van der Waals surface area contributed by atoms with Gasteiger partial charge in [-0.1, -0.05) is 24.6 Å². The summed E-state index contributed by atoms with van der Waals surface area (Å²) in [6, 6.07) is 9.17. The number of fused-ring (bicyclic) bond motifs is 1. The Kier molecular flexibility index (Phi) is 3.90. The summed E-state index contributed by atoms with van der Waals surface area (Å²) in [5.41, 5.74) is 2.25. The first-order chi connectivity index (χ1) is 10.0. The van der Waals surface area contributed by atoms with Gasteiger partial charge >= 0.3 is 0 Å². The van der Waals surface area contributed by atoms with E-state index in [1.807, 2.05) is 19.1 Å². The van der Waals surface area contributed by atoms with Crippen LogP contribution in [0.2, 0.25) is 0 Å². The van der Waals surface area contributed by atoms with Crippen molar-refractivity contribution in [3.8, 4) is 0 Å². The lowest BCUT2D eigenvalue weighted by atomic mass is 10.0. The molecule has 1 atom stereocenters. The van der Waals surface area contributed by atoms with Crippen LogP contribution < -0.4 is 0 Å². The van der Waals surface area contributed by atoms with Crippen molar-refractivity contribution >= 4 is 21.4 Å². The summed E-state index contributed by atoms with van der Waals surface area (Å²) >= 11 is 1.73. The lowest BCUT2D eigenvalue weighted by Crippen LogP contribution is -2.39. The van der Waals surface area contributed by atoms with E-state index in [9.17, 15) is 8.42 Å². The molecule has 2 heterocycles. The topological polar surface area (TPSA) is 37.4 Å². The number of benzene rings is 1. The Labute approximate surface area is 130 Å². The summed E-state index contributed by atoms with van der Waals surface area (Å²) in [5, 5.41) is 2.06. The smallest absolute Gasteiger partial charge is 0.207 e. The fourth-order valence-electron chi connectivity index (χ4n) is 2.93. The summed E-state index contributed by atoms with van der Waals surface area (Å²) < 4.78 is 27.5. The molecule has 1 aromatic heterocycles. The largest absolute Gasteiger partial charge is 0.243 e. The van der Waals surface area contributed by atoms with Gasteiger partial charge in [-0.3, -0.25) is 0 Å². The molecule has 3 rings (SSSR count). The van der Waals surface area contributed by atoms with Gasteiger partial charge < -0.3 is 0 Å². The van der Waals surface area contributed by atoms with E-state index in [-0.39, 0.29) is 6.04 Å². The maximum absolute atomic E-state index is 12.9. The third-order valence-corrected chi connectivity index (χ3v) is 6.98. The Bertz CT molecular complexity index is 732. The van der Waals surface area contributed by atoms with Crippen molar-refractivity contribution in [3.05, 3.63) is 51.7 Å². The van der Waals surface area contributed by atoms with Crippen molar-refractivity contribution in [2.24, 2.45) is 0 Å². The van der Waals surface area contributed by atoms with E-state index >= 15 is 0 Å². The van der Waals surface area contributed by atoms with Gasteiger partial charge in [0.2, 0.25) is 10.0 Å². The highest BCUT2D eigenvalue weighted by atomic mass is 32.2. The van der Waals surface area contributed by atoms with Gasteiger partial charge in [-0.25, -0.2) is 8.42 Å². The molecule has 1 aliphatic rings. The standard InChI is InChI=1S/C16H19NO2S2/c1-3-15-14-9-11-20-16(14)8-10-17(15)21(18,19)13-6-4-12(2)5-7-13/h4-7,9,11,15H,3,8,10H2,1-2H3/t15-/m1/s1.